The van der Waals surface area contributed by atoms with Crippen LogP contribution in [0.4, 0.5) is 11.6 Å². The van der Waals surface area contributed by atoms with E-state index < -0.39 is 5.60 Å². The van der Waals surface area contributed by atoms with E-state index in [0.29, 0.717) is 29.4 Å². The maximum absolute atomic E-state index is 10.7. The van der Waals surface area contributed by atoms with Crippen LogP contribution in [0.25, 0.3) is 16.6 Å². The summed E-state index contributed by atoms with van der Waals surface area (Å²) in [4.78, 5) is 11.8. The Bertz CT molecular complexity index is 1340. The number of para-hydroxylation sites is 1. The molecule has 178 valence electrons. The average molecular weight is 463 g/mol. The van der Waals surface area contributed by atoms with Crippen LogP contribution in [0.1, 0.15) is 50.3 Å². The number of aliphatic hydroxyl groups is 1. The molecule has 1 aromatic carbocycles. The molecular weight excluding hydrogens is 432 g/mol. The van der Waals surface area contributed by atoms with Crippen molar-refractivity contribution in [2.45, 2.75) is 56.6 Å². The maximum atomic E-state index is 10.7. The fourth-order valence-electron chi connectivity index (χ4n) is 5.50. The number of fused-ring (bicyclic) bond motifs is 3. The van der Waals surface area contributed by atoms with Crippen molar-refractivity contribution in [3.8, 4) is 5.75 Å². The maximum Gasteiger partial charge on any atom is 0.223 e. The molecule has 1 saturated carbocycles. The third-order valence-corrected chi connectivity index (χ3v) is 7.29. The normalized spacial score (nSPS) is 20.4. The van der Waals surface area contributed by atoms with Crippen molar-refractivity contribution in [2.24, 2.45) is 0 Å². The summed E-state index contributed by atoms with van der Waals surface area (Å²) in [5, 5.41) is 20.9. The lowest BCUT2D eigenvalue weighted by molar-refractivity contribution is 0.0265. The zero-order valence-corrected chi connectivity index (χ0v) is 19.4. The molecule has 3 N–H and O–H groups in total. The molecule has 0 amide bonds. The molecule has 1 atom stereocenters. The Hall–Kier alpha value is -3.40. The van der Waals surface area contributed by atoms with Crippen molar-refractivity contribution < 1.29 is 9.84 Å². The highest BCUT2D eigenvalue weighted by molar-refractivity contribution is 5.95. The monoisotopic (exact) mass is 462 g/mol. The molecule has 34 heavy (non-hydrogen) atoms. The number of nitrogen functional groups attached to an aromatic ring is 1. The van der Waals surface area contributed by atoms with Gasteiger partial charge in [0.25, 0.3) is 0 Å². The molecule has 1 saturated heterocycles. The molecule has 1 aliphatic carbocycles. The minimum Gasteiger partial charge on any atom is -0.494 e. The number of nitrogens with two attached hydrogens (primary N) is 1. The summed E-state index contributed by atoms with van der Waals surface area (Å²) < 4.78 is 8.99. The van der Waals surface area contributed by atoms with E-state index in [0.717, 1.165) is 68.5 Å². The van der Waals surface area contributed by atoms with Gasteiger partial charge in [0.1, 0.15) is 11.3 Å². The van der Waals surface area contributed by atoms with Gasteiger partial charge in [0.15, 0.2) is 11.5 Å². The fourth-order valence-corrected chi connectivity index (χ4v) is 5.50. The van der Waals surface area contributed by atoms with E-state index in [9.17, 15) is 5.11 Å². The SMILES string of the molecule is COc1cccc2c1nc(N)n1nc([C@@H]3CCCN(c4cnn(CC5(O)CCCC5)c4)C3)nc21. The smallest absolute Gasteiger partial charge is 0.223 e. The van der Waals surface area contributed by atoms with Crippen LogP contribution in [0.5, 0.6) is 5.75 Å². The Labute approximate surface area is 197 Å². The molecule has 2 aliphatic rings. The number of nitrogens with zero attached hydrogens (tertiary/aromatic N) is 7. The van der Waals surface area contributed by atoms with Gasteiger partial charge in [-0.25, -0.2) is 9.97 Å². The Kier molecular flexibility index (Phi) is 5.05. The van der Waals surface area contributed by atoms with Crippen LogP contribution in [-0.4, -0.2) is 60.3 Å². The lowest BCUT2D eigenvalue weighted by atomic mass is 9.97. The van der Waals surface area contributed by atoms with Gasteiger partial charge in [-0.15, -0.1) is 5.10 Å². The highest BCUT2D eigenvalue weighted by Gasteiger charge is 2.32. The minimum absolute atomic E-state index is 0.177. The third kappa shape index (κ3) is 3.62. The number of rotatable bonds is 5. The zero-order valence-electron chi connectivity index (χ0n) is 19.4. The number of anilines is 2. The summed E-state index contributed by atoms with van der Waals surface area (Å²) in [6.45, 7) is 2.33. The largest absolute Gasteiger partial charge is 0.494 e. The number of benzene rings is 1. The second kappa shape index (κ2) is 8.12. The molecule has 3 aromatic heterocycles. The van der Waals surface area contributed by atoms with Gasteiger partial charge in [-0.2, -0.15) is 9.61 Å². The lowest BCUT2D eigenvalue weighted by Crippen LogP contribution is -2.34. The highest BCUT2D eigenvalue weighted by Crippen LogP contribution is 2.33. The van der Waals surface area contributed by atoms with Crippen LogP contribution in [0, 0.1) is 0 Å². The first-order chi connectivity index (χ1) is 16.5. The van der Waals surface area contributed by atoms with Gasteiger partial charge in [-0.05, 0) is 37.8 Å². The standard InChI is InChI=1S/C24H30N8O2/c1-34-19-8-4-7-18-20(19)27-23(25)32-22(18)28-21(29-32)16-6-5-11-30(13-16)17-12-26-31(14-17)15-24(33)9-2-3-10-24/h4,7-8,12,14,16,33H,2-3,5-6,9-11,13,15H2,1H3,(H2,25,27)/t16-/m1/s1. The summed E-state index contributed by atoms with van der Waals surface area (Å²) >= 11 is 0. The molecule has 0 unspecified atom stereocenters. The first-order valence-electron chi connectivity index (χ1n) is 12.0. The first kappa shape index (κ1) is 21.2. The fraction of sp³-hybridized carbons (Fsp3) is 0.500. The van der Waals surface area contributed by atoms with Crippen molar-refractivity contribution in [1.29, 1.82) is 0 Å². The van der Waals surface area contributed by atoms with Crippen LogP contribution in [0.15, 0.2) is 30.6 Å². The predicted octanol–water partition coefficient (Wildman–Crippen LogP) is 2.75. The van der Waals surface area contributed by atoms with Crippen LogP contribution in [-0.2, 0) is 6.54 Å². The van der Waals surface area contributed by atoms with Gasteiger partial charge in [-0.1, -0.05) is 18.9 Å². The molecule has 0 radical (unpaired) electrons. The van der Waals surface area contributed by atoms with Gasteiger partial charge in [0.05, 0.1) is 31.1 Å². The third-order valence-electron chi connectivity index (χ3n) is 7.29. The number of methoxy groups -OCH3 is 1. The number of aromatic nitrogens is 6. The number of piperidine rings is 1. The summed E-state index contributed by atoms with van der Waals surface area (Å²) in [6.07, 6.45) is 9.89. The van der Waals surface area contributed by atoms with Crippen LogP contribution in [0.3, 0.4) is 0 Å². The first-order valence-corrected chi connectivity index (χ1v) is 12.0. The molecule has 10 heteroatoms. The predicted molar refractivity (Wildman–Crippen MR) is 129 cm³/mol. The molecule has 1 aliphatic heterocycles. The van der Waals surface area contributed by atoms with E-state index in [4.69, 9.17) is 20.6 Å². The van der Waals surface area contributed by atoms with E-state index in [1.807, 2.05) is 29.1 Å². The van der Waals surface area contributed by atoms with E-state index >= 15 is 0 Å². The molecule has 0 bridgehead atoms. The Morgan fingerprint density at radius 3 is 2.88 bits per heavy atom. The van der Waals surface area contributed by atoms with Gasteiger partial charge >= 0.3 is 0 Å². The van der Waals surface area contributed by atoms with Crippen LogP contribution < -0.4 is 15.4 Å². The quantitative estimate of drug-likeness (QED) is 0.465. The molecule has 0 spiro atoms. The van der Waals surface area contributed by atoms with Gasteiger partial charge in [0, 0.05) is 30.6 Å². The van der Waals surface area contributed by atoms with E-state index in [1.54, 1.807) is 11.6 Å². The van der Waals surface area contributed by atoms with Crippen molar-refractivity contribution in [3.05, 3.63) is 36.4 Å². The average Bonchev–Trinajstić information content (AvgIpc) is 3.59. The van der Waals surface area contributed by atoms with E-state index in [2.05, 4.69) is 21.2 Å². The molecule has 6 rings (SSSR count). The number of hydrogen-bond acceptors (Lipinski definition) is 8. The molecule has 4 heterocycles. The Morgan fingerprint density at radius 1 is 1.21 bits per heavy atom. The van der Waals surface area contributed by atoms with Gasteiger partial charge < -0.3 is 20.5 Å². The number of hydrogen-bond donors (Lipinski definition) is 2. The van der Waals surface area contributed by atoms with Crippen molar-refractivity contribution >= 4 is 28.2 Å². The van der Waals surface area contributed by atoms with Crippen LogP contribution in [0.2, 0.25) is 0 Å². The molecular formula is C24H30N8O2. The molecule has 4 aromatic rings. The van der Waals surface area contributed by atoms with Crippen LogP contribution >= 0.6 is 0 Å². The lowest BCUT2D eigenvalue weighted by Gasteiger charge is -2.32. The Morgan fingerprint density at radius 2 is 2.06 bits per heavy atom. The molecule has 10 nitrogen and oxygen atoms in total. The van der Waals surface area contributed by atoms with E-state index in [-0.39, 0.29) is 5.92 Å². The van der Waals surface area contributed by atoms with Gasteiger partial charge in [-0.3, -0.25) is 4.68 Å². The van der Waals surface area contributed by atoms with Crippen molar-refractivity contribution in [3.63, 3.8) is 0 Å². The van der Waals surface area contributed by atoms with Crippen molar-refractivity contribution in [1.82, 2.24) is 29.4 Å². The van der Waals surface area contributed by atoms with E-state index in [1.165, 1.54) is 0 Å². The Balaban J connectivity index is 1.27. The molecule has 2 fully saturated rings. The van der Waals surface area contributed by atoms with Gasteiger partial charge in [0.2, 0.25) is 5.95 Å². The number of ether oxygens (including phenoxy) is 1. The summed E-state index contributed by atoms with van der Waals surface area (Å²) in [7, 11) is 1.62. The zero-order chi connectivity index (χ0) is 23.3. The summed E-state index contributed by atoms with van der Waals surface area (Å²) in [5.74, 6) is 1.92. The minimum atomic E-state index is -0.617. The second-order valence-electron chi connectivity index (χ2n) is 9.64. The summed E-state index contributed by atoms with van der Waals surface area (Å²) in [5.41, 5.74) is 8.09. The van der Waals surface area contributed by atoms with Crippen molar-refractivity contribution in [2.75, 3.05) is 30.8 Å². The second-order valence-corrected chi connectivity index (χ2v) is 9.64. The topological polar surface area (TPSA) is 120 Å². The summed E-state index contributed by atoms with van der Waals surface area (Å²) in [6, 6.07) is 5.76. The highest BCUT2D eigenvalue weighted by atomic mass is 16.5.